The van der Waals surface area contributed by atoms with Gasteiger partial charge in [-0.05, 0) is 50.8 Å². The van der Waals surface area contributed by atoms with Crippen molar-refractivity contribution in [3.8, 4) is 5.69 Å². The molecule has 8 nitrogen and oxygen atoms in total. The van der Waals surface area contributed by atoms with Crippen LogP contribution >= 0.6 is 0 Å². The standard InChI is InChI=1S/C26H31N5O3/c1-18-12-14-29(15-13-18)25-11-10-22(31(33)34)16-23(25)26(32)28(4)17-24-19(2)27-30(20(24)3)21-8-6-5-7-9-21/h5-11,16,18H,12-15,17H2,1-4H3. The first-order valence-electron chi connectivity index (χ1n) is 11.7. The summed E-state index contributed by atoms with van der Waals surface area (Å²) in [4.78, 5) is 28.4. The van der Waals surface area contributed by atoms with Crippen LogP contribution in [0, 0.1) is 29.9 Å². The molecule has 0 spiro atoms. The number of carbonyl (C=O) groups excluding carboxylic acids is 1. The zero-order chi connectivity index (χ0) is 24.4. The number of carbonyl (C=O) groups is 1. The van der Waals surface area contributed by atoms with Gasteiger partial charge in [0.05, 0.1) is 27.6 Å². The SMILES string of the molecule is Cc1nn(-c2ccccc2)c(C)c1CN(C)C(=O)c1cc([N+](=O)[O-])ccc1N1CCC(C)CC1. The molecule has 0 bridgehead atoms. The maximum absolute atomic E-state index is 13.6. The molecule has 0 saturated carbocycles. The number of aromatic nitrogens is 2. The van der Waals surface area contributed by atoms with Gasteiger partial charge in [0, 0.05) is 50.1 Å². The molecule has 1 fully saturated rings. The number of hydrogen-bond acceptors (Lipinski definition) is 5. The van der Waals surface area contributed by atoms with E-state index < -0.39 is 4.92 Å². The average molecular weight is 462 g/mol. The predicted octanol–water partition coefficient (Wildman–Crippen LogP) is 4.91. The molecule has 1 aliphatic heterocycles. The monoisotopic (exact) mass is 461 g/mol. The second kappa shape index (κ2) is 9.67. The highest BCUT2D eigenvalue weighted by Crippen LogP contribution is 2.31. The van der Waals surface area contributed by atoms with Crippen molar-refractivity contribution in [3.63, 3.8) is 0 Å². The lowest BCUT2D eigenvalue weighted by atomic mass is 9.97. The summed E-state index contributed by atoms with van der Waals surface area (Å²) >= 11 is 0. The Labute approximate surface area is 199 Å². The maximum atomic E-state index is 13.6. The number of hydrogen-bond donors (Lipinski definition) is 0. The van der Waals surface area contributed by atoms with E-state index in [0.29, 0.717) is 18.0 Å². The molecular formula is C26H31N5O3. The van der Waals surface area contributed by atoms with Gasteiger partial charge in [-0.15, -0.1) is 0 Å². The maximum Gasteiger partial charge on any atom is 0.270 e. The zero-order valence-corrected chi connectivity index (χ0v) is 20.2. The number of aryl methyl sites for hydroxylation is 1. The molecule has 0 aliphatic carbocycles. The first-order valence-corrected chi connectivity index (χ1v) is 11.7. The number of piperidine rings is 1. The van der Waals surface area contributed by atoms with Crippen molar-refractivity contribution >= 4 is 17.3 Å². The van der Waals surface area contributed by atoms with Gasteiger partial charge in [0.2, 0.25) is 0 Å². The Morgan fingerprint density at radius 2 is 1.82 bits per heavy atom. The highest BCUT2D eigenvalue weighted by Gasteiger charge is 2.26. The summed E-state index contributed by atoms with van der Waals surface area (Å²) in [7, 11) is 1.74. The van der Waals surface area contributed by atoms with Gasteiger partial charge in [-0.1, -0.05) is 25.1 Å². The Kier molecular flexibility index (Phi) is 6.68. The molecule has 3 aromatic rings. The Bertz CT molecular complexity index is 1200. The smallest absolute Gasteiger partial charge is 0.270 e. The average Bonchev–Trinajstić information content (AvgIpc) is 3.12. The van der Waals surface area contributed by atoms with E-state index in [9.17, 15) is 14.9 Å². The summed E-state index contributed by atoms with van der Waals surface area (Å²) in [5, 5.41) is 16.1. The van der Waals surface area contributed by atoms with Gasteiger partial charge in [0.15, 0.2) is 0 Å². The van der Waals surface area contributed by atoms with Crippen molar-refractivity contribution in [3.05, 3.63) is 81.2 Å². The molecule has 0 atom stereocenters. The van der Waals surface area contributed by atoms with Crippen molar-refractivity contribution in [2.24, 2.45) is 5.92 Å². The van der Waals surface area contributed by atoms with Crippen LogP contribution in [-0.2, 0) is 6.54 Å². The Hall–Kier alpha value is -3.68. The van der Waals surface area contributed by atoms with Gasteiger partial charge in [-0.3, -0.25) is 14.9 Å². The van der Waals surface area contributed by atoms with Crippen LogP contribution < -0.4 is 4.90 Å². The first-order chi connectivity index (χ1) is 16.3. The topological polar surface area (TPSA) is 84.5 Å². The number of rotatable bonds is 6. The molecule has 2 heterocycles. The molecule has 2 aromatic carbocycles. The summed E-state index contributed by atoms with van der Waals surface area (Å²) in [6, 6.07) is 14.5. The largest absolute Gasteiger partial charge is 0.371 e. The molecule has 0 N–H and O–H groups in total. The van der Waals surface area contributed by atoms with E-state index >= 15 is 0 Å². The highest BCUT2D eigenvalue weighted by molar-refractivity contribution is 6.00. The van der Waals surface area contributed by atoms with Gasteiger partial charge in [-0.25, -0.2) is 4.68 Å². The fourth-order valence-corrected chi connectivity index (χ4v) is 4.57. The molecule has 8 heteroatoms. The quantitative estimate of drug-likeness (QED) is 0.385. The number of amides is 1. The minimum Gasteiger partial charge on any atom is -0.371 e. The van der Waals surface area contributed by atoms with E-state index in [4.69, 9.17) is 0 Å². The summed E-state index contributed by atoms with van der Waals surface area (Å²) in [6.07, 6.45) is 2.08. The van der Waals surface area contributed by atoms with Gasteiger partial charge in [-0.2, -0.15) is 5.10 Å². The Morgan fingerprint density at radius 1 is 1.15 bits per heavy atom. The fourth-order valence-electron chi connectivity index (χ4n) is 4.57. The van der Waals surface area contributed by atoms with E-state index in [1.54, 1.807) is 18.0 Å². The number of nitrogens with zero attached hydrogens (tertiary/aromatic N) is 5. The van der Waals surface area contributed by atoms with Crippen LogP contribution in [-0.4, -0.2) is 45.6 Å². The van der Waals surface area contributed by atoms with Crippen LogP contribution in [0.4, 0.5) is 11.4 Å². The number of nitro groups is 1. The molecule has 1 aliphatic rings. The third-order valence-electron chi connectivity index (χ3n) is 6.73. The third kappa shape index (κ3) is 4.66. The minimum atomic E-state index is -0.447. The van der Waals surface area contributed by atoms with Crippen molar-refractivity contribution in [2.45, 2.75) is 40.2 Å². The second-order valence-electron chi connectivity index (χ2n) is 9.19. The van der Waals surface area contributed by atoms with E-state index in [2.05, 4.69) is 16.9 Å². The highest BCUT2D eigenvalue weighted by atomic mass is 16.6. The van der Waals surface area contributed by atoms with Gasteiger partial charge in [0.1, 0.15) is 0 Å². The van der Waals surface area contributed by atoms with Crippen LogP contribution in [0.2, 0.25) is 0 Å². The van der Waals surface area contributed by atoms with Crippen LogP contribution in [0.15, 0.2) is 48.5 Å². The van der Waals surface area contributed by atoms with Crippen LogP contribution in [0.25, 0.3) is 5.69 Å². The van der Waals surface area contributed by atoms with E-state index in [-0.39, 0.29) is 11.6 Å². The molecule has 1 saturated heterocycles. The molecule has 1 aromatic heterocycles. The lowest BCUT2D eigenvalue weighted by Gasteiger charge is -2.33. The van der Waals surface area contributed by atoms with Crippen molar-refractivity contribution in [2.75, 3.05) is 25.0 Å². The zero-order valence-electron chi connectivity index (χ0n) is 20.2. The van der Waals surface area contributed by atoms with E-state index in [1.165, 1.54) is 12.1 Å². The number of anilines is 1. The van der Waals surface area contributed by atoms with Crippen molar-refractivity contribution in [1.82, 2.24) is 14.7 Å². The van der Waals surface area contributed by atoms with Crippen LogP contribution in [0.1, 0.15) is 47.1 Å². The molecular weight excluding hydrogens is 430 g/mol. The van der Waals surface area contributed by atoms with Crippen LogP contribution in [0.5, 0.6) is 0 Å². The van der Waals surface area contributed by atoms with E-state index in [1.807, 2.05) is 48.9 Å². The van der Waals surface area contributed by atoms with Crippen molar-refractivity contribution < 1.29 is 9.72 Å². The number of non-ortho nitro benzene ring substituents is 1. The lowest BCUT2D eigenvalue weighted by molar-refractivity contribution is -0.384. The second-order valence-corrected chi connectivity index (χ2v) is 9.19. The minimum absolute atomic E-state index is 0.0739. The number of benzene rings is 2. The van der Waals surface area contributed by atoms with E-state index in [0.717, 1.165) is 54.3 Å². The number of nitro benzene ring substituents is 1. The summed E-state index contributed by atoms with van der Waals surface area (Å²) in [5.74, 6) is 0.409. The molecule has 4 rings (SSSR count). The van der Waals surface area contributed by atoms with Gasteiger partial charge < -0.3 is 9.80 Å². The Balaban J connectivity index is 1.63. The van der Waals surface area contributed by atoms with Gasteiger partial charge in [0.25, 0.3) is 11.6 Å². The molecule has 0 unspecified atom stereocenters. The summed E-state index contributed by atoms with van der Waals surface area (Å²) in [5.41, 5.74) is 4.81. The molecule has 1 amide bonds. The summed E-state index contributed by atoms with van der Waals surface area (Å²) < 4.78 is 1.89. The molecule has 0 radical (unpaired) electrons. The fraction of sp³-hybridized carbons (Fsp3) is 0.385. The van der Waals surface area contributed by atoms with Crippen molar-refractivity contribution in [1.29, 1.82) is 0 Å². The third-order valence-corrected chi connectivity index (χ3v) is 6.73. The number of para-hydroxylation sites is 1. The predicted molar refractivity (Wildman–Crippen MR) is 133 cm³/mol. The van der Waals surface area contributed by atoms with Crippen LogP contribution in [0.3, 0.4) is 0 Å². The van der Waals surface area contributed by atoms with Gasteiger partial charge >= 0.3 is 0 Å². The molecule has 34 heavy (non-hydrogen) atoms. The summed E-state index contributed by atoms with van der Waals surface area (Å²) in [6.45, 7) is 8.20. The first kappa shape index (κ1) is 23.5. The Morgan fingerprint density at radius 3 is 2.47 bits per heavy atom. The normalized spacial score (nSPS) is 14.3. The lowest BCUT2D eigenvalue weighted by Crippen LogP contribution is -2.35. The molecule has 178 valence electrons.